The summed E-state index contributed by atoms with van der Waals surface area (Å²) in [4.78, 5) is 3.67. The molecule has 0 saturated heterocycles. The SMILES string of the molecule is CC1(C)C([S-])=C([S-])C(C)(C)c2c1ccc1ccccc21.CC1(C)C([S-])=C([S-])C(C)(C)c2c1ccc1ccccc21.[Ni]. The molecule has 0 N–H and O–H groups in total. The Hall–Kier alpha value is -1.75. The van der Waals surface area contributed by atoms with Gasteiger partial charge in [-0.05, 0) is 65.5 Å². The Morgan fingerprint density at radius 3 is 1.02 bits per heavy atom. The van der Waals surface area contributed by atoms with Crippen molar-refractivity contribution in [1.82, 2.24) is 0 Å². The third-order valence-electron chi connectivity index (χ3n) is 9.14. The van der Waals surface area contributed by atoms with E-state index >= 15 is 0 Å². The molecule has 0 atom stereocenters. The first-order chi connectivity index (χ1) is 18.6. The first kappa shape index (κ1) is 32.2. The van der Waals surface area contributed by atoms with Crippen molar-refractivity contribution in [3.05, 3.63) is 115 Å². The Bertz CT molecular complexity index is 1610. The average Bonchev–Trinajstić information content (AvgIpc) is 2.93. The molecule has 0 heterocycles. The van der Waals surface area contributed by atoms with E-state index in [1.54, 1.807) is 0 Å². The van der Waals surface area contributed by atoms with Crippen LogP contribution in [0.4, 0.5) is 0 Å². The zero-order chi connectivity index (χ0) is 29.4. The van der Waals surface area contributed by atoms with E-state index in [0.717, 1.165) is 19.6 Å². The van der Waals surface area contributed by atoms with Gasteiger partial charge in [0.05, 0.1) is 0 Å². The maximum Gasteiger partial charge on any atom is 0 e. The quantitative estimate of drug-likeness (QED) is 0.137. The summed E-state index contributed by atoms with van der Waals surface area (Å²) in [6.07, 6.45) is 0. The van der Waals surface area contributed by atoms with Gasteiger partial charge in [0.25, 0.3) is 0 Å². The minimum Gasteiger partial charge on any atom is -0.785 e. The molecular weight excluding hydrogens is 619 g/mol. The van der Waals surface area contributed by atoms with E-state index in [2.05, 4.69) is 128 Å². The molecule has 4 aromatic carbocycles. The van der Waals surface area contributed by atoms with E-state index in [1.165, 1.54) is 43.8 Å². The van der Waals surface area contributed by atoms with Crippen molar-refractivity contribution in [3.63, 3.8) is 0 Å². The predicted octanol–water partition coefficient (Wildman–Crippen LogP) is 9.43. The van der Waals surface area contributed by atoms with E-state index in [4.69, 9.17) is 50.5 Å². The van der Waals surface area contributed by atoms with Gasteiger partial charge in [0, 0.05) is 16.5 Å². The number of hydrogen-bond acceptors (Lipinski definition) is 4. The molecule has 4 aromatic rings. The predicted molar refractivity (Wildman–Crippen MR) is 184 cm³/mol. The maximum absolute atomic E-state index is 5.71. The van der Waals surface area contributed by atoms with E-state index in [0.29, 0.717) is 0 Å². The zero-order valence-electron chi connectivity index (χ0n) is 24.9. The van der Waals surface area contributed by atoms with Crippen LogP contribution >= 0.6 is 0 Å². The molecule has 0 aliphatic heterocycles. The summed E-state index contributed by atoms with van der Waals surface area (Å²) in [6, 6.07) is 25.9. The standard InChI is InChI=1S/2C18H20S2.Ni/c2*1-17(2)13-10-9-11-7-5-6-8-12(11)14(13)18(3,4)16(20)15(17)19;/h2*5-10,19-20H,1-4H3;/p-4. The first-order valence-corrected chi connectivity index (χ1v) is 15.4. The summed E-state index contributed by atoms with van der Waals surface area (Å²) in [7, 11) is 0. The van der Waals surface area contributed by atoms with Crippen molar-refractivity contribution in [3.8, 4) is 0 Å². The molecule has 0 nitrogen and oxygen atoms in total. The van der Waals surface area contributed by atoms with Gasteiger partial charge in [0.2, 0.25) is 0 Å². The second-order valence-corrected chi connectivity index (χ2v) is 14.9. The van der Waals surface area contributed by atoms with E-state index in [-0.39, 0.29) is 38.2 Å². The molecule has 0 aromatic heterocycles. The molecular formula is C36H36NiS4-4. The zero-order valence-corrected chi connectivity index (χ0v) is 29.1. The van der Waals surface area contributed by atoms with Crippen LogP contribution in [0.25, 0.3) is 21.5 Å². The van der Waals surface area contributed by atoms with Gasteiger partial charge in [-0.15, -0.1) is 0 Å². The fraction of sp³-hybridized carbons (Fsp3) is 0.333. The molecule has 2 aliphatic rings. The Morgan fingerprint density at radius 2 is 0.683 bits per heavy atom. The van der Waals surface area contributed by atoms with Gasteiger partial charge in [-0.1, -0.05) is 128 Å². The Balaban J connectivity index is 0.000000184. The monoisotopic (exact) mass is 654 g/mol. The van der Waals surface area contributed by atoms with Crippen LogP contribution in [0.1, 0.15) is 77.6 Å². The van der Waals surface area contributed by atoms with Gasteiger partial charge < -0.3 is 50.5 Å². The van der Waals surface area contributed by atoms with Crippen LogP contribution in [0, 0.1) is 0 Å². The van der Waals surface area contributed by atoms with Crippen LogP contribution in [-0.2, 0) is 88.7 Å². The summed E-state index contributed by atoms with van der Waals surface area (Å²) in [5.74, 6) is 0. The summed E-state index contributed by atoms with van der Waals surface area (Å²) >= 11 is 22.8. The second-order valence-electron chi connectivity index (χ2n) is 13.2. The molecule has 218 valence electrons. The summed E-state index contributed by atoms with van der Waals surface area (Å²) in [5, 5.41) is 5.14. The van der Waals surface area contributed by atoms with E-state index < -0.39 is 0 Å². The molecule has 41 heavy (non-hydrogen) atoms. The molecule has 0 fully saturated rings. The first-order valence-electron chi connectivity index (χ1n) is 13.8. The number of rotatable bonds is 0. The third kappa shape index (κ3) is 4.81. The summed E-state index contributed by atoms with van der Waals surface area (Å²) < 4.78 is 0. The molecule has 2 aliphatic carbocycles. The van der Waals surface area contributed by atoms with Crippen LogP contribution in [0.15, 0.2) is 92.4 Å². The number of benzene rings is 4. The van der Waals surface area contributed by atoms with Crippen LogP contribution < -0.4 is 0 Å². The average molecular weight is 656 g/mol. The van der Waals surface area contributed by atoms with E-state index in [1.807, 2.05) is 0 Å². The van der Waals surface area contributed by atoms with Crippen molar-refractivity contribution in [2.75, 3.05) is 0 Å². The summed E-state index contributed by atoms with van der Waals surface area (Å²) in [5.41, 5.74) is 4.64. The fourth-order valence-corrected chi connectivity index (χ4v) is 7.98. The number of fused-ring (bicyclic) bond motifs is 6. The van der Waals surface area contributed by atoms with E-state index in [9.17, 15) is 0 Å². The second kappa shape index (κ2) is 10.8. The molecule has 0 saturated carbocycles. The normalized spacial score (nSPS) is 19.5. The molecule has 6 rings (SSSR count). The van der Waals surface area contributed by atoms with Crippen LogP contribution in [-0.4, -0.2) is 0 Å². The maximum atomic E-state index is 5.71. The minimum atomic E-state index is -0.182. The molecule has 0 bridgehead atoms. The van der Waals surface area contributed by atoms with Crippen molar-refractivity contribution in [2.45, 2.75) is 77.0 Å². The molecule has 0 amide bonds. The molecule has 0 unspecified atom stereocenters. The van der Waals surface area contributed by atoms with Gasteiger partial charge in [-0.2, -0.15) is 0 Å². The fourth-order valence-electron chi connectivity index (χ4n) is 6.54. The van der Waals surface area contributed by atoms with Crippen molar-refractivity contribution in [1.29, 1.82) is 0 Å². The molecule has 0 spiro atoms. The van der Waals surface area contributed by atoms with Gasteiger partial charge >= 0.3 is 0 Å². The van der Waals surface area contributed by atoms with Crippen LogP contribution in [0.5, 0.6) is 0 Å². The summed E-state index contributed by atoms with van der Waals surface area (Å²) in [6.45, 7) is 17.5. The topological polar surface area (TPSA) is 0 Å². The Kier molecular flexibility index (Phi) is 8.44. The largest absolute Gasteiger partial charge is 0.785 e. The molecule has 5 heteroatoms. The van der Waals surface area contributed by atoms with Gasteiger partial charge in [-0.3, -0.25) is 0 Å². The third-order valence-corrected chi connectivity index (χ3v) is 12.3. The van der Waals surface area contributed by atoms with Gasteiger partial charge in [0.1, 0.15) is 0 Å². The van der Waals surface area contributed by atoms with Crippen molar-refractivity contribution < 1.29 is 16.5 Å². The van der Waals surface area contributed by atoms with Crippen molar-refractivity contribution in [2.24, 2.45) is 0 Å². The number of hydrogen-bond donors (Lipinski definition) is 0. The van der Waals surface area contributed by atoms with Gasteiger partial charge in [0.15, 0.2) is 0 Å². The molecule has 0 radical (unpaired) electrons. The van der Waals surface area contributed by atoms with Gasteiger partial charge in [-0.25, -0.2) is 19.6 Å². The smallest absolute Gasteiger partial charge is 0 e. The minimum absolute atomic E-state index is 0. The number of allylic oxidation sites excluding steroid dienone is 4. The Morgan fingerprint density at radius 1 is 0.390 bits per heavy atom. The van der Waals surface area contributed by atoms with Crippen LogP contribution in [0.2, 0.25) is 0 Å². The van der Waals surface area contributed by atoms with Crippen molar-refractivity contribution >= 4 is 72.1 Å². The van der Waals surface area contributed by atoms with Crippen LogP contribution in [0.3, 0.4) is 0 Å². The Labute approximate surface area is 278 Å².